The van der Waals surface area contributed by atoms with Gasteiger partial charge in [0.15, 0.2) is 11.8 Å². The molecule has 0 saturated heterocycles. The van der Waals surface area contributed by atoms with Gasteiger partial charge < -0.3 is 20.3 Å². The van der Waals surface area contributed by atoms with Crippen molar-refractivity contribution >= 4 is 5.96 Å². The molecule has 25 heavy (non-hydrogen) atoms. The van der Waals surface area contributed by atoms with Crippen molar-refractivity contribution in [2.45, 2.75) is 33.1 Å². The smallest absolute Gasteiger partial charge is 0.257 e. The first-order valence-electron chi connectivity index (χ1n) is 8.76. The Balaban J connectivity index is 1.73. The summed E-state index contributed by atoms with van der Waals surface area (Å²) in [6.07, 6.45) is 2.51. The first-order chi connectivity index (χ1) is 12.2. The van der Waals surface area contributed by atoms with E-state index in [0.29, 0.717) is 18.4 Å². The second-order valence-corrected chi connectivity index (χ2v) is 5.56. The third-order valence-corrected chi connectivity index (χ3v) is 3.64. The zero-order valence-corrected chi connectivity index (χ0v) is 15.0. The maximum Gasteiger partial charge on any atom is 0.257 e. The first kappa shape index (κ1) is 18.9. The van der Waals surface area contributed by atoms with Crippen molar-refractivity contribution in [2.75, 3.05) is 26.3 Å². The number of guanidine groups is 1. The maximum absolute atomic E-state index is 5.84. The standard InChI is InChI=1S/C18H27N5O2/c1-3-16-22-17(25-23-16)15-8-6-14(7-9-15)10-12-21-18(19)20-11-5-13-24-4-2/h6-9H,3-5,10-13H2,1-2H3,(H3,19,20,21). The molecule has 0 aliphatic rings. The minimum absolute atomic E-state index is 0.478. The fraction of sp³-hybridized carbons (Fsp3) is 0.500. The van der Waals surface area contributed by atoms with E-state index in [1.165, 1.54) is 5.56 Å². The lowest BCUT2D eigenvalue weighted by atomic mass is 10.1. The van der Waals surface area contributed by atoms with Gasteiger partial charge in [-0.1, -0.05) is 24.2 Å². The number of aromatic nitrogens is 2. The van der Waals surface area contributed by atoms with E-state index in [0.717, 1.165) is 50.4 Å². The molecule has 0 amide bonds. The summed E-state index contributed by atoms with van der Waals surface area (Å²) in [4.78, 5) is 8.60. The molecule has 0 saturated carbocycles. The van der Waals surface area contributed by atoms with Crippen molar-refractivity contribution < 1.29 is 9.26 Å². The van der Waals surface area contributed by atoms with E-state index >= 15 is 0 Å². The quantitative estimate of drug-likeness (QED) is 0.389. The van der Waals surface area contributed by atoms with E-state index < -0.39 is 0 Å². The number of hydrogen-bond donors (Lipinski definition) is 2. The minimum atomic E-state index is 0.478. The van der Waals surface area contributed by atoms with Gasteiger partial charge in [-0.2, -0.15) is 4.98 Å². The molecular formula is C18H27N5O2. The molecule has 2 rings (SSSR count). The summed E-state index contributed by atoms with van der Waals surface area (Å²) in [6, 6.07) is 8.10. The zero-order chi connectivity index (χ0) is 17.9. The van der Waals surface area contributed by atoms with Gasteiger partial charge in [0, 0.05) is 38.3 Å². The highest BCUT2D eigenvalue weighted by Crippen LogP contribution is 2.18. The number of nitrogens with one attached hydrogen (secondary N) is 1. The Morgan fingerprint density at radius 2 is 2.08 bits per heavy atom. The van der Waals surface area contributed by atoms with Crippen molar-refractivity contribution in [1.29, 1.82) is 0 Å². The van der Waals surface area contributed by atoms with Crippen LogP contribution < -0.4 is 11.1 Å². The molecule has 7 heteroatoms. The summed E-state index contributed by atoms with van der Waals surface area (Å²) in [5, 5.41) is 7.04. The van der Waals surface area contributed by atoms with Crippen LogP contribution in [-0.4, -0.2) is 42.4 Å². The van der Waals surface area contributed by atoms with Gasteiger partial charge in [-0.15, -0.1) is 0 Å². The summed E-state index contributed by atoms with van der Waals surface area (Å²) in [7, 11) is 0. The molecule has 2 aromatic rings. The largest absolute Gasteiger partial charge is 0.382 e. The number of hydrogen-bond acceptors (Lipinski definition) is 5. The molecule has 0 bridgehead atoms. The van der Waals surface area contributed by atoms with Crippen molar-refractivity contribution in [3.05, 3.63) is 35.7 Å². The molecule has 1 aromatic carbocycles. The third kappa shape index (κ3) is 6.54. The normalized spacial score (nSPS) is 11.7. The van der Waals surface area contributed by atoms with E-state index in [1.807, 2.05) is 26.0 Å². The van der Waals surface area contributed by atoms with Gasteiger partial charge in [0.1, 0.15) is 0 Å². The highest BCUT2D eigenvalue weighted by atomic mass is 16.5. The molecule has 0 unspecified atom stereocenters. The molecule has 1 heterocycles. The number of aliphatic imine (C=N–C) groups is 1. The Labute approximate surface area is 148 Å². The monoisotopic (exact) mass is 345 g/mol. The zero-order valence-electron chi connectivity index (χ0n) is 15.0. The highest BCUT2D eigenvalue weighted by Gasteiger charge is 2.07. The Hall–Kier alpha value is -2.41. The lowest BCUT2D eigenvalue weighted by molar-refractivity contribution is 0.146. The highest BCUT2D eigenvalue weighted by molar-refractivity contribution is 5.77. The predicted octanol–water partition coefficient (Wildman–Crippen LogP) is 2.17. The van der Waals surface area contributed by atoms with E-state index in [4.69, 9.17) is 15.0 Å². The lowest BCUT2D eigenvalue weighted by Gasteiger charge is -2.06. The number of nitrogens with zero attached hydrogens (tertiary/aromatic N) is 3. The lowest BCUT2D eigenvalue weighted by Crippen LogP contribution is -2.33. The van der Waals surface area contributed by atoms with Crippen LogP contribution in [0.25, 0.3) is 11.5 Å². The Morgan fingerprint density at radius 1 is 1.28 bits per heavy atom. The van der Waals surface area contributed by atoms with E-state index in [1.54, 1.807) is 0 Å². The summed E-state index contributed by atoms with van der Waals surface area (Å²) in [5.74, 6) is 1.76. The van der Waals surface area contributed by atoms with Gasteiger partial charge in [-0.3, -0.25) is 4.99 Å². The number of benzene rings is 1. The van der Waals surface area contributed by atoms with Crippen molar-refractivity contribution in [3.63, 3.8) is 0 Å². The van der Waals surface area contributed by atoms with Crippen molar-refractivity contribution in [1.82, 2.24) is 15.5 Å². The first-order valence-corrected chi connectivity index (χ1v) is 8.76. The molecule has 1 aromatic heterocycles. The SMILES string of the molecule is CCOCCCN=C(N)NCCc1ccc(-c2nc(CC)no2)cc1. The van der Waals surface area contributed by atoms with Crippen LogP contribution in [0.5, 0.6) is 0 Å². The summed E-state index contributed by atoms with van der Waals surface area (Å²) in [5.41, 5.74) is 7.97. The number of rotatable bonds is 10. The number of ether oxygens (including phenoxy) is 1. The average Bonchev–Trinajstić information content (AvgIpc) is 3.11. The Morgan fingerprint density at radius 3 is 2.76 bits per heavy atom. The molecule has 0 fully saturated rings. The van der Waals surface area contributed by atoms with Gasteiger partial charge in [-0.25, -0.2) is 0 Å². The second kappa shape index (κ2) is 10.5. The van der Waals surface area contributed by atoms with Gasteiger partial charge in [-0.05, 0) is 37.5 Å². The fourth-order valence-electron chi connectivity index (χ4n) is 2.23. The Kier molecular flexibility index (Phi) is 7.91. The topological polar surface area (TPSA) is 98.6 Å². The van der Waals surface area contributed by atoms with Gasteiger partial charge in [0.25, 0.3) is 5.89 Å². The molecule has 0 aliphatic carbocycles. The van der Waals surface area contributed by atoms with Crippen LogP contribution in [-0.2, 0) is 17.6 Å². The molecule has 0 aliphatic heterocycles. The van der Waals surface area contributed by atoms with Crippen molar-refractivity contribution in [3.8, 4) is 11.5 Å². The molecule has 136 valence electrons. The molecule has 0 atom stereocenters. The summed E-state index contributed by atoms with van der Waals surface area (Å²) < 4.78 is 10.5. The number of aryl methyl sites for hydroxylation is 1. The molecule has 0 spiro atoms. The van der Waals surface area contributed by atoms with Crippen LogP contribution in [0.15, 0.2) is 33.8 Å². The Bertz CT molecular complexity index is 652. The fourth-order valence-corrected chi connectivity index (χ4v) is 2.23. The maximum atomic E-state index is 5.84. The summed E-state index contributed by atoms with van der Waals surface area (Å²) >= 11 is 0. The van der Waals surface area contributed by atoms with E-state index in [2.05, 4.69) is 32.6 Å². The molecule has 3 N–H and O–H groups in total. The van der Waals surface area contributed by atoms with Gasteiger partial charge in [0.05, 0.1) is 0 Å². The van der Waals surface area contributed by atoms with Crippen LogP contribution in [0.1, 0.15) is 31.7 Å². The van der Waals surface area contributed by atoms with E-state index in [9.17, 15) is 0 Å². The molecular weight excluding hydrogens is 318 g/mol. The van der Waals surface area contributed by atoms with Crippen LogP contribution in [0, 0.1) is 0 Å². The van der Waals surface area contributed by atoms with Crippen molar-refractivity contribution in [2.24, 2.45) is 10.7 Å². The third-order valence-electron chi connectivity index (χ3n) is 3.64. The van der Waals surface area contributed by atoms with Crippen LogP contribution in [0.4, 0.5) is 0 Å². The predicted molar refractivity (Wildman–Crippen MR) is 98.4 cm³/mol. The molecule has 7 nitrogen and oxygen atoms in total. The van der Waals surface area contributed by atoms with Gasteiger partial charge in [0.2, 0.25) is 0 Å². The second-order valence-electron chi connectivity index (χ2n) is 5.56. The number of nitrogens with two attached hydrogens (primary N) is 1. The molecule has 0 radical (unpaired) electrons. The van der Waals surface area contributed by atoms with E-state index in [-0.39, 0.29) is 0 Å². The average molecular weight is 345 g/mol. The van der Waals surface area contributed by atoms with Crippen LogP contribution >= 0.6 is 0 Å². The van der Waals surface area contributed by atoms with Crippen LogP contribution in [0.3, 0.4) is 0 Å². The minimum Gasteiger partial charge on any atom is -0.382 e. The van der Waals surface area contributed by atoms with Crippen LogP contribution in [0.2, 0.25) is 0 Å². The van der Waals surface area contributed by atoms with Gasteiger partial charge >= 0.3 is 0 Å². The summed E-state index contributed by atoms with van der Waals surface area (Å²) in [6.45, 7) is 6.86.